The Labute approximate surface area is 141 Å². The second kappa shape index (κ2) is 6.85. The minimum Gasteiger partial charge on any atom is -0.342 e. The highest BCUT2D eigenvalue weighted by molar-refractivity contribution is 5.79. The Morgan fingerprint density at radius 1 is 1.32 bits per heavy atom. The molecule has 1 aromatic carbocycles. The average Bonchev–Trinajstić information content (AvgIpc) is 3.07. The molecule has 1 saturated heterocycles. The number of alkyl halides is 3. The van der Waals surface area contributed by atoms with Crippen molar-refractivity contribution in [2.75, 3.05) is 13.1 Å². The monoisotopic (exact) mass is 355 g/mol. The summed E-state index contributed by atoms with van der Waals surface area (Å²) in [5, 5.41) is 0. The molecule has 1 atom stereocenters. The van der Waals surface area contributed by atoms with Gasteiger partial charge in [0.2, 0.25) is 5.91 Å². The van der Waals surface area contributed by atoms with Crippen LogP contribution in [0.4, 0.5) is 17.6 Å². The van der Waals surface area contributed by atoms with Gasteiger partial charge in [-0.15, -0.1) is 0 Å². The summed E-state index contributed by atoms with van der Waals surface area (Å²) in [5.41, 5.74) is -0.579. The van der Waals surface area contributed by atoms with Gasteiger partial charge in [0.25, 0.3) is 0 Å². The van der Waals surface area contributed by atoms with Crippen molar-refractivity contribution in [1.82, 2.24) is 14.9 Å². The number of likely N-dealkylation sites (tertiary alicyclic amines) is 1. The van der Waals surface area contributed by atoms with E-state index in [9.17, 15) is 22.4 Å². The molecule has 2 heterocycles. The number of aromatic nitrogens is 2. The van der Waals surface area contributed by atoms with Gasteiger partial charge in [0, 0.05) is 19.0 Å². The summed E-state index contributed by atoms with van der Waals surface area (Å²) in [6, 6.07) is 6.06. The predicted molar refractivity (Wildman–Crippen MR) is 82.2 cm³/mol. The Hall–Kier alpha value is -2.38. The zero-order valence-electron chi connectivity index (χ0n) is 13.3. The standard InChI is InChI=1S/C17H17F4N3O/c18-13-6-2-1-4-11(13)8-15(25)24-7-3-5-12(10-24)16-22-9-14(23-16)17(19,20)21/h1-2,4,6,9,12H,3,5,7-8,10H2,(H,22,23). The maximum absolute atomic E-state index is 13.7. The predicted octanol–water partition coefficient (Wildman–Crippen LogP) is 3.52. The highest BCUT2D eigenvalue weighted by Crippen LogP contribution is 2.31. The summed E-state index contributed by atoms with van der Waals surface area (Å²) < 4.78 is 51.7. The SMILES string of the molecule is O=C(Cc1ccccc1F)N1CCCC(c2ncc(C(F)(F)F)[nH]2)C1. The molecule has 0 spiro atoms. The quantitative estimate of drug-likeness (QED) is 0.857. The number of hydrogen-bond donors (Lipinski definition) is 1. The molecule has 1 unspecified atom stereocenters. The molecule has 1 aliphatic heterocycles. The van der Waals surface area contributed by atoms with Crippen LogP contribution in [0, 0.1) is 5.82 Å². The molecule has 8 heteroatoms. The van der Waals surface area contributed by atoms with Crippen LogP contribution in [0.2, 0.25) is 0 Å². The van der Waals surface area contributed by atoms with E-state index in [1.54, 1.807) is 23.1 Å². The van der Waals surface area contributed by atoms with Crippen molar-refractivity contribution in [3.8, 4) is 0 Å². The number of carbonyl (C=O) groups excluding carboxylic acids is 1. The maximum Gasteiger partial charge on any atom is 0.432 e. The Balaban J connectivity index is 1.67. The molecule has 0 radical (unpaired) electrons. The largest absolute Gasteiger partial charge is 0.432 e. The lowest BCUT2D eigenvalue weighted by atomic mass is 9.96. The molecule has 25 heavy (non-hydrogen) atoms. The van der Waals surface area contributed by atoms with E-state index < -0.39 is 17.7 Å². The van der Waals surface area contributed by atoms with Crippen LogP contribution in [0.1, 0.15) is 35.8 Å². The molecule has 0 aliphatic carbocycles. The number of carbonyl (C=O) groups is 1. The summed E-state index contributed by atoms with van der Waals surface area (Å²) in [6.07, 6.45) is -2.45. The Morgan fingerprint density at radius 3 is 2.76 bits per heavy atom. The molecule has 4 nitrogen and oxygen atoms in total. The van der Waals surface area contributed by atoms with Crippen molar-refractivity contribution in [3.05, 3.63) is 53.4 Å². The van der Waals surface area contributed by atoms with Gasteiger partial charge in [-0.25, -0.2) is 9.37 Å². The van der Waals surface area contributed by atoms with Gasteiger partial charge in [0.1, 0.15) is 17.3 Å². The summed E-state index contributed by atoms with van der Waals surface area (Å²) >= 11 is 0. The van der Waals surface area contributed by atoms with E-state index in [4.69, 9.17) is 0 Å². The van der Waals surface area contributed by atoms with Gasteiger partial charge in [-0.3, -0.25) is 4.79 Å². The number of hydrogen-bond acceptors (Lipinski definition) is 2. The zero-order valence-corrected chi connectivity index (χ0v) is 13.3. The van der Waals surface area contributed by atoms with E-state index in [1.165, 1.54) is 6.07 Å². The van der Waals surface area contributed by atoms with Crippen molar-refractivity contribution in [2.45, 2.75) is 31.4 Å². The number of nitrogens with zero attached hydrogens (tertiary/aromatic N) is 2. The third kappa shape index (κ3) is 4.00. The number of aromatic amines is 1. The van der Waals surface area contributed by atoms with Crippen molar-refractivity contribution >= 4 is 5.91 Å². The van der Waals surface area contributed by atoms with E-state index >= 15 is 0 Å². The Morgan fingerprint density at radius 2 is 2.08 bits per heavy atom. The molecule has 1 amide bonds. The zero-order chi connectivity index (χ0) is 18.0. The Bertz CT molecular complexity index is 756. The smallest absolute Gasteiger partial charge is 0.342 e. The van der Waals surface area contributed by atoms with Crippen LogP contribution in [-0.4, -0.2) is 33.9 Å². The number of amides is 1. The van der Waals surface area contributed by atoms with Crippen molar-refractivity contribution in [2.24, 2.45) is 0 Å². The molecule has 0 saturated carbocycles. The number of imidazole rings is 1. The number of rotatable bonds is 3. The van der Waals surface area contributed by atoms with Gasteiger partial charge in [-0.2, -0.15) is 13.2 Å². The van der Waals surface area contributed by atoms with Crippen molar-refractivity contribution < 1.29 is 22.4 Å². The Kier molecular flexibility index (Phi) is 4.78. The normalized spacial score (nSPS) is 18.4. The van der Waals surface area contributed by atoms with Gasteiger partial charge in [0.05, 0.1) is 12.6 Å². The maximum atomic E-state index is 13.7. The minimum atomic E-state index is -4.47. The van der Waals surface area contributed by atoms with E-state index in [-0.39, 0.29) is 30.6 Å². The van der Waals surface area contributed by atoms with Crippen molar-refractivity contribution in [3.63, 3.8) is 0 Å². The van der Waals surface area contributed by atoms with Crippen LogP contribution >= 0.6 is 0 Å². The van der Waals surface area contributed by atoms with E-state index in [2.05, 4.69) is 9.97 Å². The van der Waals surface area contributed by atoms with Crippen LogP contribution in [0.3, 0.4) is 0 Å². The molecule has 1 aliphatic rings. The van der Waals surface area contributed by atoms with E-state index in [1.807, 2.05) is 0 Å². The fourth-order valence-corrected chi connectivity index (χ4v) is 3.03. The first kappa shape index (κ1) is 17.4. The second-order valence-corrected chi connectivity index (χ2v) is 6.13. The van der Waals surface area contributed by atoms with Crippen LogP contribution in [0.25, 0.3) is 0 Å². The molecule has 1 aromatic heterocycles. The minimum absolute atomic E-state index is 0.0641. The molecule has 0 bridgehead atoms. The van der Waals surface area contributed by atoms with Gasteiger partial charge in [0.15, 0.2) is 0 Å². The third-order valence-corrected chi connectivity index (χ3v) is 4.36. The summed E-state index contributed by atoms with van der Waals surface area (Å²) in [7, 11) is 0. The number of benzene rings is 1. The van der Waals surface area contributed by atoms with Crippen LogP contribution in [0.15, 0.2) is 30.5 Å². The molecule has 2 aromatic rings. The number of piperidine rings is 1. The topological polar surface area (TPSA) is 49.0 Å². The van der Waals surface area contributed by atoms with Crippen LogP contribution in [0.5, 0.6) is 0 Å². The van der Waals surface area contributed by atoms with E-state index in [0.29, 0.717) is 24.9 Å². The number of H-pyrrole nitrogens is 1. The van der Waals surface area contributed by atoms with Crippen LogP contribution in [-0.2, 0) is 17.4 Å². The summed E-state index contributed by atoms with van der Waals surface area (Å²) in [5.74, 6) is -0.729. The lowest BCUT2D eigenvalue weighted by Crippen LogP contribution is -2.40. The van der Waals surface area contributed by atoms with Gasteiger partial charge >= 0.3 is 6.18 Å². The van der Waals surface area contributed by atoms with Gasteiger partial charge < -0.3 is 9.88 Å². The molecule has 1 fully saturated rings. The first-order valence-corrected chi connectivity index (χ1v) is 7.98. The third-order valence-electron chi connectivity index (χ3n) is 4.36. The number of halogens is 4. The fourth-order valence-electron chi connectivity index (χ4n) is 3.03. The lowest BCUT2D eigenvalue weighted by molar-refractivity contribution is -0.141. The van der Waals surface area contributed by atoms with Crippen LogP contribution < -0.4 is 0 Å². The molecular weight excluding hydrogens is 338 g/mol. The lowest BCUT2D eigenvalue weighted by Gasteiger charge is -2.32. The first-order valence-electron chi connectivity index (χ1n) is 7.98. The average molecular weight is 355 g/mol. The molecule has 3 rings (SSSR count). The molecule has 1 N–H and O–H groups in total. The molecule has 134 valence electrons. The molecular formula is C17H17F4N3O. The van der Waals surface area contributed by atoms with Gasteiger partial charge in [-0.05, 0) is 24.5 Å². The van der Waals surface area contributed by atoms with E-state index in [0.717, 1.165) is 6.20 Å². The summed E-state index contributed by atoms with van der Waals surface area (Å²) in [4.78, 5) is 20.1. The van der Waals surface area contributed by atoms with Crippen molar-refractivity contribution in [1.29, 1.82) is 0 Å². The number of nitrogens with one attached hydrogen (secondary N) is 1. The highest BCUT2D eigenvalue weighted by Gasteiger charge is 2.34. The summed E-state index contributed by atoms with van der Waals surface area (Å²) in [6.45, 7) is 0.786. The highest BCUT2D eigenvalue weighted by atomic mass is 19.4. The first-order chi connectivity index (χ1) is 11.8. The fraction of sp³-hybridized carbons (Fsp3) is 0.412. The van der Waals surface area contributed by atoms with Gasteiger partial charge in [-0.1, -0.05) is 18.2 Å². The second-order valence-electron chi connectivity index (χ2n) is 6.13.